The molecule has 0 fully saturated rings. The summed E-state index contributed by atoms with van der Waals surface area (Å²) in [6, 6.07) is 15.2. The van der Waals surface area contributed by atoms with Crippen LogP contribution in [0.1, 0.15) is 49.8 Å². The zero-order chi connectivity index (χ0) is 20.7. The molecule has 0 saturated heterocycles. The van der Waals surface area contributed by atoms with Crippen LogP contribution in [-0.2, 0) is 22.6 Å². The van der Waals surface area contributed by atoms with E-state index >= 15 is 0 Å². The van der Waals surface area contributed by atoms with Gasteiger partial charge in [0.25, 0.3) is 0 Å². The molecule has 4 nitrogen and oxygen atoms in total. The third kappa shape index (κ3) is 6.10. The number of benzene rings is 2. The van der Waals surface area contributed by atoms with Crippen molar-refractivity contribution in [1.29, 1.82) is 0 Å². The van der Waals surface area contributed by atoms with Crippen molar-refractivity contribution >= 4 is 23.4 Å². The Kier molecular flexibility index (Phi) is 8.06. The number of rotatable bonds is 8. The van der Waals surface area contributed by atoms with Gasteiger partial charge in [-0.15, -0.1) is 0 Å². The predicted octanol–water partition coefficient (Wildman–Crippen LogP) is 4.56. The molecule has 5 heteroatoms. The second-order valence-electron chi connectivity index (χ2n) is 7.33. The first-order valence-electron chi connectivity index (χ1n) is 9.66. The predicted molar refractivity (Wildman–Crippen MR) is 114 cm³/mol. The van der Waals surface area contributed by atoms with Gasteiger partial charge in [0.2, 0.25) is 11.8 Å². The van der Waals surface area contributed by atoms with Crippen molar-refractivity contribution < 1.29 is 9.59 Å². The smallest absolute Gasteiger partial charge is 0.242 e. The Balaban J connectivity index is 2.09. The third-order valence-electron chi connectivity index (χ3n) is 4.95. The van der Waals surface area contributed by atoms with E-state index < -0.39 is 6.04 Å². The quantitative estimate of drug-likeness (QED) is 0.706. The Labute approximate surface area is 172 Å². The van der Waals surface area contributed by atoms with Crippen molar-refractivity contribution in [3.8, 4) is 0 Å². The van der Waals surface area contributed by atoms with E-state index in [1.165, 1.54) is 5.56 Å². The molecular formula is C23H29ClN2O2. The molecule has 0 aliphatic carbocycles. The second-order valence-corrected chi connectivity index (χ2v) is 7.77. The number of nitrogens with zero attached hydrogens (tertiary/aromatic N) is 1. The van der Waals surface area contributed by atoms with Gasteiger partial charge in [-0.25, -0.2) is 0 Å². The fraction of sp³-hybridized carbons (Fsp3) is 0.391. The van der Waals surface area contributed by atoms with Gasteiger partial charge in [-0.05, 0) is 48.1 Å². The second kappa shape index (κ2) is 10.3. The molecule has 0 spiro atoms. The average molecular weight is 401 g/mol. The highest BCUT2D eigenvalue weighted by Crippen LogP contribution is 2.17. The molecule has 28 heavy (non-hydrogen) atoms. The van der Waals surface area contributed by atoms with E-state index in [1.807, 2.05) is 12.1 Å². The van der Waals surface area contributed by atoms with Crippen LogP contribution in [0.15, 0.2) is 48.5 Å². The summed E-state index contributed by atoms with van der Waals surface area (Å²) in [6.45, 7) is 6.45. The van der Waals surface area contributed by atoms with Gasteiger partial charge >= 0.3 is 0 Å². The number of carbonyl (C=O) groups excluding carboxylic acids is 2. The maximum Gasteiger partial charge on any atom is 0.242 e. The van der Waals surface area contributed by atoms with Crippen LogP contribution in [0.5, 0.6) is 0 Å². The molecule has 0 radical (unpaired) electrons. The van der Waals surface area contributed by atoms with E-state index in [0.717, 1.165) is 11.1 Å². The van der Waals surface area contributed by atoms with Gasteiger partial charge in [0, 0.05) is 25.0 Å². The molecule has 1 N–H and O–H groups in total. The Hall–Kier alpha value is -2.33. The van der Waals surface area contributed by atoms with Crippen molar-refractivity contribution in [3.05, 3.63) is 70.2 Å². The van der Waals surface area contributed by atoms with Crippen LogP contribution in [0.4, 0.5) is 0 Å². The molecule has 0 aromatic heterocycles. The number of hydrogen-bond donors (Lipinski definition) is 1. The molecule has 0 saturated carbocycles. The summed E-state index contributed by atoms with van der Waals surface area (Å²) in [5, 5.41) is 3.28. The van der Waals surface area contributed by atoms with Crippen LogP contribution >= 0.6 is 11.6 Å². The van der Waals surface area contributed by atoms with Crippen molar-refractivity contribution in [2.75, 3.05) is 7.05 Å². The van der Waals surface area contributed by atoms with E-state index in [9.17, 15) is 9.59 Å². The van der Waals surface area contributed by atoms with Gasteiger partial charge in [0.15, 0.2) is 0 Å². The summed E-state index contributed by atoms with van der Waals surface area (Å²) in [4.78, 5) is 26.7. The lowest BCUT2D eigenvalue weighted by atomic mass is 10.00. The highest BCUT2D eigenvalue weighted by atomic mass is 35.5. The summed E-state index contributed by atoms with van der Waals surface area (Å²) in [5.74, 6) is 0.265. The minimum absolute atomic E-state index is 0.0426. The van der Waals surface area contributed by atoms with Gasteiger partial charge in [-0.2, -0.15) is 0 Å². The number of aryl methyl sites for hydroxylation is 1. The highest BCUT2D eigenvalue weighted by Gasteiger charge is 2.25. The monoisotopic (exact) mass is 400 g/mol. The van der Waals surface area contributed by atoms with Crippen molar-refractivity contribution in [3.63, 3.8) is 0 Å². The van der Waals surface area contributed by atoms with E-state index in [-0.39, 0.29) is 11.8 Å². The molecule has 0 aliphatic rings. The Morgan fingerprint density at radius 3 is 2.07 bits per heavy atom. The molecule has 150 valence electrons. The lowest BCUT2D eigenvalue weighted by molar-refractivity contribution is -0.140. The Morgan fingerprint density at radius 1 is 0.964 bits per heavy atom. The largest absolute Gasteiger partial charge is 0.357 e. The Bertz CT molecular complexity index is 785. The first kappa shape index (κ1) is 22.0. The van der Waals surface area contributed by atoms with Crippen molar-refractivity contribution in [2.24, 2.45) is 0 Å². The first-order valence-corrected chi connectivity index (χ1v) is 10.0. The summed E-state index contributed by atoms with van der Waals surface area (Å²) >= 11 is 5.95. The van der Waals surface area contributed by atoms with Crippen molar-refractivity contribution in [2.45, 2.75) is 52.1 Å². The number of nitrogens with one attached hydrogen (secondary N) is 1. The molecule has 0 bridgehead atoms. The van der Waals surface area contributed by atoms with Gasteiger partial charge < -0.3 is 10.2 Å². The fourth-order valence-electron chi connectivity index (χ4n) is 3.04. The summed E-state index contributed by atoms with van der Waals surface area (Å²) in [5.41, 5.74) is 3.35. The van der Waals surface area contributed by atoms with Gasteiger partial charge in [-0.1, -0.05) is 61.8 Å². The van der Waals surface area contributed by atoms with E-state index in [1.54, 1.807) is 31.0 Å². The molecule has 1 atom stereocenters. The van der Waals surface area contributed by atoms with Crippen LogP contribution in [0, 0.1) is 0 Å². The SMILES string of the molecule is CNC(=O)[C@H](C)N(Cc1ccc(Cl)cc1)C(=O)CCc1ccc(C(C)C)cc1. The minimum Gasteiger partial charge on any atom is -0.357 e. The molecule has 2 aromatic carbocycles. The zero-order valence-electron chi connectivity index (χ0n) is 17.0. The van der Waals surface area contributed by atoms with Crippen LogP contribution in [0.3, 0.4) is 0 Å². The summed E-state index contributed by atoms with van der Waals surface area (Å²) < 4.78 is 0. The van der Waals surface area contributed by atoms with Crippen LogP contribution < -0.4 is 5.32 Å². The first-order chi connectivity index (χ1) is 13.3. The molecule has 0 aliphatic heterocycles. The summed E-state index contributed by atoms with van der Waals surface area (Å²) in [7, 11) is 1.58. The van der Waals surface area contributed by atoms with Crippen LogP contribution in [-0.4, -0.2) is 29.8 Å². The molecule has 0 heterocycles. The van der Waals surface area contributed by atoms with Crippen LogP contribution in [0.2, 0.25) is 5.02 Å². The fourth-order valence-corrected chi connectivity index (χ4v) is 3.17. The summed E-state index contributed by atoms with van der Waals surface area (Å²) in [6.07, 6.45) is 1.00. The standard InChI is InChI=1S/C23H29ClN2O2/c1-16(2)20-10-5-18(6-11-20)9-14-22(27)26(17(3)23(28)25-4)15-19-7-12-21(24)13-8-19/h5-8,10-13,16-17H,9,14-15H2,1-4H3,(H,25,28)/t17-/m0/s1. The number of carbonyl (C=O) groups is 2. The van der Waals surface area contributed by atoms with Gasteiger partial charge in [0.05, 0.1) is 0 Å². The molecule has 2 amide bonds. The maximum absolute atomic E-state index is 12.9. The van der Waals surface area contributed by atoms with Gasteiger partial charge in [0.1, 0.15) is 6.04 Å². The molecule has 2 rings (SSSR count). The number of halogens is 1. The Morgan fingerprint density at radius 2 is 1.54 bits per heavy atom. The highest BCUT2D eigenvalue weighted by molar-refractivity contribution is 6.30. The number of amides is 2. The maximum atomic E-state index is 12.9. The topological polar surface area (TPSA) is 49.4 Å². The lowest BCUT2D eigenvalue weighted by Gasteiger charge is -2.28. The lowest BCUT2D eigenvalue weighted by Crippen LogP contribution is -2.46. The average Bonchev–Trinajstić information content (AvgIpc) is 2.70. The van der Waals surface area contributed by atoms with Crippen LogP contribution in [0.25, 0.3) is 0 Å². The molecule has 2 aromatic rings. The van der Waals surface area contributed by atoms with E-state index in [4.69, 9.17) is 11.6 Å². The van der Waals surface area contributed by atoms with E-state index in [0.29, 0.717) is 30.3 Å². The zero-order valence-corrected chi connectivity index (χ0v) is 17.8. The number of likely N-dealkylation sites (N-methyl/N-ethyl adjacent to an activating group) is 1. The molecular weight excluding hydrogens is 372 g/mol. The minimum atomic E-state index is -0.545. The normalized spacial score (nSPS) is 11.9. The molecule has 0 unspecified atom stereocenters. The van der Waals surface area contributed by atoms with E-state index in [2.05, 4.69) is 43.4 Å². The third-order valence-corrected chi connectivity index (χ3v) is 5.21. The van der Waals surface area contributed by atoms with Gasteiger partial charge in [-0.3, -0.25) is 9.59 Å². The van der Waals surface area contributed by atoms with Crippen molar-refractivity contribution in [1.82, 2.24) is 10.2 Å². The number of hydrogen-bond acceptors (Lipinski definition) is 2.